The Bertz CT molecular complexity index is 475. The van der Waals surface area contributed by atoms with Crippen molar-refractivity contribution in [3.63, 3.8) is 0 Å². The first-order chi connectivity index (χ1) is 9.96. The van der Waals surface area contributed by atoms with Crippen molar-refractivity contribution in [2.24, 2.45) is 0 Å². The Kier molecular flexibility index (Phi) is 4.03. The largest absolute Gasteiger partial charge is 0.385 e. The third-order valence-corrected chi connectivity index (χ3v) is 3.85. The van der Waals surface area contributed by atoms with Gasteiger partial charge in [0.2, 0.25) is 0 Å². The predicted molar refractivity (Wildman–Crippen MR) is 75.4 cm³/mol. The van der Waals surface area contributed by atoms with Gasteiger partial charge in [0.05, 0.1) is 12.7 Å². The maximum Gasteiger partial charge on any atom is 0.186 e. The molecule has 5 nitrogen and oxygen atoms in total. The highest BCUT2D eigenvalue weighted by atomic mass is 16.8. The first kappa shape index (κ1) is 14.9. The molecule has 2 saturated heterocycles. The normalized spacial score (nSPS) is 38.2. The van der Waals surface area contributed by atoms with Crippen LogP contribution in [0.15, 0.2) is 30.3 Å². The van der Waals surface area contributed by atoms with Crippen LogP contribution in [0.4, 0.5) is 0 Å². The zero-order valence-corrected chi connectivity index (χ0v) is 12.6. The van der Waals surface area contributed by atoms with Crippen LogP contribution >= 0.6 is 0 Å². The van der Waals surface area contributed by atoms with Crippen molar-refractivity contribution in [1.29, 1.82) is 0 Å². The molecule has 116 valence electrons. The molecule has 5 atom stereocenters. The Balaban J connectivity index is 1.65. The van der Waals surface area contributed by atoms with E-state index in [9.17, 15) is 5.11 Å². The Morgan fingerprint density at radius 3 is 2.52 bits per heavy atom. The minimum atomic E-state index is -0.864. The Labute approximate surface area is 124 Å². The maximum atomic E-state index is 10.4. The van der Waals surface area contributed by atoms with E-state index in [1.165, 1.54) is 0 Å². The molecule has 0 spiro atoms. The SMILES string of the molecule is C[C@@H]1OC(OCc2ccccc2)[C@@H](O)[C@@H]2OC(C)(C)O[C@@H]21. The molecule has 0 amide bonds. The quantitative estimate of drug-likeness (QED) is 0.921. The van der Waals surface area contributed by atoms with Crippen LogP contribution in [0.25, 0.3) is 0 Å². The smallest absolute Gasteiger partial charge is 0.186 e. The Morgan fingerprint density at radius 1 is 1.14 bits per heavy atom. The highest BCUT2D eigenvalue weighted by molar-refractivity contribution is 5.13. The molecule has 1 aromatic rings. The zero-order valence-electron chi connectivity index (χ0n) is 12.6. The van der Waals surface area contributed by atoms with Gasteiger partial charge in [-0.3, -0.25) is 0 Å². The third-order valence-electron chi connectivity index (χ3n) is 3.85. The number of ether oxygens (including phenoxy) is 4. The lowest BCUT2D eigenvalue weighted by Crippen LogP contribution is -2.55. The van der Waals surface area contributed by atoms with Crippen LogP contribution in [0, 0.1) is 0 Å². The number of hydrogen-bond acceptors (Lipinski definition) is 5. The van der Waals surface area contributed by atoms with Crippen molar-refractivity contribution in [3.8, 4) is 0 Å². The molecule has 21 heavy (non-hydrogen) atoms. The highest BCUT2D eigenvalue weighted by Crippen LogP contribution is 2.37. The lowest BCUT2D eigenvalue weighted by molar-refractivity contribution is -0.277. The van der Waals surface area contributed by atoms with E-state index in [2.05, 4.69) is 0 Å². The number of hydrogen-bond donors (Lipinski definition) is 1. The summed E-state index contributed by atoms with van der Waals surface area (Å²) in [5, 5.41) is 10.4. The fourth-order valence-corrected chi connectivity index (χ4v) is 2.86. The van der Waals surface area contributed by atoms with Gasteiger partial charge in [-0.15, -0.1) is 0 Å². The van der Waals surface area contributed by atoms with Crippen LogP contribution in [-0.2, 0) is 25.6 Å². The fourth-order valence-electron chi connectivity index (χ4n) is 2.86. The first-order valence-corrected chi connectivity index (χ1v) is 7.31. The van der Waals surface area contributed by atoms with Crippen LogP contribution in [0.5, 0.6) is 0 Å². The number of benzene rings is 1. The van der Waals surface area contributed by atoms with Gasteiger partial charge in [-0.25, -0.2) is 0 Å². The molecule has 0 aliphatic carbocycles. The fraction of sp³-hybridized carbons (Fsp3) is 0.625. The molecular weight excluding hydrogens is 272 g/mol. The average Bonchev–Trinajstić information content (AvgIpc) is 2.79. The number of aliphatic hydroxyl groups excluding tert-OH is 1. The summed E-state index contributed by atoms with van der Waals surface area (Å²) >= 11 is 0. The minimum Gasteiger partial charge on any atom is -0.385 e. The van der Waals surface area contributed by atoms with Gasteiger partial charge < -0.3 is 24.1 Å². The maximum absolute atomic E-state index is 10.4. The summed E-state index contributed by atoms with van der Waals surface area (Å²) in [5.74, 6) is -0.706. The van der Waals surface area contributed by atoms with E-state index in [1.807, 2.05) is 51.1 Å². The van der Waals surface area contributed by atoms with E-state index in [1.54, 1.807) is 0 Å². The molecule has 0 bridgehead atoms. The zero-order chi connectivity index (χ0) is 15.0. The van der Waals surface area contributed by atoms with Gasteiger partial charge in [-0.2, -0.15) is 0 Å². The molecule has 0 aromatic heterocycles. The summed E-state index contributed by atoms with van der Waals surface area (Å²) < 4.78 is 23.0. The molecule has 2 heterocycles. The van der Waals surface area contributed by atoms with Gasteiger partial charge in [-0.05, 0) is 26.3 Å². The van der Waals surface area contributed by atoms with Crippen LogP contribution in [0.1, 0.15) is 26.3 Å². The van der Waals surface area contributed by atoms with Gasteiger partial charge in [0.25, 0.3) is 0 Å². The van der Waals surface area contributed by atoms with Crippen molar-refractivity contribution < 1.29 is 24.1 Å². The average molecular weight is 294 g/mol. The molecule has 2 fully saturated rings. The van der Waals surface area contributed by atoms with Gasteiger partial charge in [-0.1, -0.05) is 30.3 Å². The molecule has 0 radical (unpaired) electrons. The van der Waals surface area contributed by atoms with E-state index in [4.69, 9.17) is 18.9 Å². The van der Waals surface area contributed by atoms with Crippen LogP contribution in [0.2, 0.25) is 0 Å². The number of rotatable bonds is 3. The van der Waals surface area contributed by atoms with E-state index in [-0.39, 0.29) is 12.2 Å². The van der Waals surface area contributed by atoms with E-state index in [0.29, 0.717) is 6.61 Å². The molecular formula is C16H22O5. The van der Waals surface area contributed by atoms with Gasteiger partial charge in [0.15, 0.2) is 12.1 Å². The monoisotopic (exact) mass is 294 g/mol. The van der Waals surface area contributed by atoms with Crippen molar-refractivity contribution in [1.82, 2.24) is 0 Å². The van der Waals surface area contributed by atoms with E-state index >= 15 is 0 Å². The van der Waals surface area contributed by atoms with E-state index < -0.39 is 24.3 Å². The number of fused-ring (bicyclic) bond motifs is 1. The highest BCUT2D eigenvalue weighted by Gasteiger charge is 2.53. The lowest BCUT2D eigenvalue weighted by Gasteiger charge is -2.38. The molecule has 0 saturated carbocycles. The van der Waals surface area contributed by atoms with Crippen molar-refractivity contribution in [2.45, 2.75) is 63.9 Å². The molecule has 2 aliphatic rings. The second-order valence-electron chi connectivity index (χ2n) is 6.06. The van der Waals surface area contributed by atoms with E-state index in [0.717, 1.165) is 5.56 Å². The summed E-state index contributed by atoms with van der Waals surface area (Å²) in [6.07, 6.45) is -2.47. The lowest BCUT2D eigenvalue weighted by atomic mass is 10.00. The van der Waals surface area contributed by atoms with Gasteiger partial charge >= 0.3 is 0 Å². The third kappa shape index (κ3) is 3.12. The van der Waals surface area contributed by atoms with Gasteiger partial charge in [0.1, 0.15) is 18.3 Å². The van der Waals surface area contributed by atoms with Gasteiger partial charge in [0, 0.05) is 0 Å². The van der Waals surface area contributed by atoms with Crippen molar-refractivity contribution >= 4 is 0 Å². The number of aliphatic hydroxyl groups is 1. The molecule has 2 aliphatic heterocycles. The summed E-state index contributed by atoms with van der Waals surface area (Å²) in [5.41, 5.74) is 1.03. The second-order valence-corrected chi connectivity index (χ2v) is 6.06. The minimum absolute atomic E-state index is 0.194. The van der Waals surface area contributed by atoms with Crippen LogP contribution in [-0.4, -0.2) is 41.6 Å². The summed E-state index contributed by atoms with van der Waals surface area (Å²) in [6, 6.07) is 9.80. The molecule has 5 heteroatoms. The molecule has 1 unspecified atom stereocenters. The standard InChI is InChI=1S/C16H22O5/c1-10-13-14(21-16(2,3)20-13)12(17)15(19-10)18-9-11-7-5-4-6-8-11/h4-8,10,12-15,17H,9H2,1-3H3/t10-,12-,13+,14-,15?/m0/s1. The molecule has 1 aromatic carbocycles. The van der Waals surface area contributed by atoms with Crippen molar-refractivity contribution in [2.75, 3.05) is 0 Å². The molecule has 3 rings (SSSR count). The van der Waals surface area contributed by atoms with Crippen molar-refractivity contribution in [3.05, 3.63) is 35.9 Å². The summed E-state index contributed by atoms with van der Waals surface area (Å²) in [4.78, 5) is 0. The Hall–Kier alpha value is -0.980. The topological polar surface area (TPSA) is 57.2 Å². The first-order valence-electron chi connectivity index (χ1n) is 7.31. The second kappa shape index (κ2) is 5.66. The Morgan fingerprint density at radius 2 is 1.81 bits per heavy atom. The molecule has 1 N–H and O–H groups in total. The predicted octanol–water partition coefficient (Wildman–Crippen LogP) is 1.83. The van der Waals surface area contributed by atoms with Crippen LogP contribution in [0.3, 0.4) is 0 Å². The summed E-state index contributed by atoms with van der Waals surface area (Å²) in [6.45, 7) is 5.97. The summed E-state index contributed by atoms with van der Waals surface area (Å²) in [7, 11) is 0. The van der Waals surface area contributed by atoms with Crippen LogP contribution < -0.4 is 0 Å².